The van der Waals surface area contributed by atoms with Crippen molar-refractivity contribution in [3.63, 3.8) is 0 Å². The first-order chi connectivity index (χ1) is 10.2. The summed E-state index contributed by atoms with van der Waals surface area (Å²) in [6.07, 6.45) is 2.57. The van der Waals surface area contributed by atoms with Gasteiger partial charge in [0.05, 0.1) is 12.1 Å². The summed E-state index contributed by atoms with van der Waals surface area (Å²) in [5, 5.41) is 0. The van der Waals surface area contributed by atoms with Gasteiger partial charge in [-0.15, -0.1) is 0 Å². The molecule has 1 amide bonds. The molecule has 0 bridgehead atoms. The minimum Gasteiger partial charge on any atom is -0.472 e. The van der Waals surface area contributed by atoms with Gasteiger partial charge in [-0.2, -0.15) is 0 Å². The topological polar surface area (TPSA) is 42.4 Å². The van der Waals surface area contributed by atoms with Gasteiger partial charge in [-0.1, -0.05) is 18.2 Å². The van der Waals surface area contributed by atoms with E-state index in [1.165, 1.54) is 0 Å². The van der Waals surface area contributed by atoms with E-state index in [9.17, 15) is 4.79 Å². The smallest absolute Gasteiger partial charge is 0.255 e. The summed E-state index contributed by atoms with van der Waals surface area (Å²) in [5.41, 5.74) is 0.761. The van der Waals surface area contributed by atoms with Gasteiger partial charge in [-0.05, 0) is 40.8 Å². The van der Waals surface area contributed by atoms with E-state index in [0.29, 0.717) is 12.4 Å². The first-order valence-electron chi connectivity index (χ1n) is 6.85. The van der Waals surface area contributed by atoms with E-state index in [1.54, 1.807) is 6.20 Å². The molecule has 0 N–H and O–H groups in total. The number of aromatic nitrogens is 1. The maximum Gasteiger partial charge on any atom is 0.255 e. The van der Waals surface area contributed by atoms with Gasteiger partial charge in [-0.3, -0.25) is 4.79 Å². The van der Waals surface area contributed by atoms with Crippen molar-refractivity contribution in [2.24, 2.45) is 0 Å². The van der Waals surface area contributed by atoms with E-state index < -0.39 is 0 Å². The molecular weight excluding hydrogens is 379 g/mol. The van der Waals surface area contributed by atoms with Crippen LogP contribution in [-0.4, -0.2) is 35.0 Å². The van der Waals surface area contributed by atoms with Crippen molar-refractivity contribution < 1.29 is 9.53 Å². The average molecular weight is 394 g/mol. The van der Waals surface area contributed by atoms with Crippen molar-refractivity contribution in [1.29, 1.82) is 0 Å². The van der Waals surface area contributed by atoms with Crippen LogP contribution in [0.2, 0.25) is 0 Å². The van der Waals surface area contributed by atoms with Crippen molar-refractivity contribution in [3.05, 3.63) is 57.8 Å². The van der Waals surface area contributed by atoms with Gasteiger partial charge in [-0.25, -0.2) is 4.98 Å². The van der Waals surface area contributed by atoms with E-state index in [2.05, 4.69) is 27.6 Å². The molecule has 1 aromatic carbocycles. The zero-order valence-corrected chi connectivity index (χ0v) is 13.6. The zero-order chi connectivity index (χ0) is 14.7. The van der Waals surface area contributed by atoms with Crippen LogP contribution < -0.4 is 4.74 Å². The van der Waals surface area contributed by atoms with Gasteiger partial charge in [0, 0.05) is 28.8 Å². The number of halogens is 1. The normalized spacial score (nSPS) is 17.8. The Hall–Kier alpha value is -1.63. The molecule has 2 heterocycles. The lowest BCUT2D eigenvalue weighted by atomic mass is 10.2. The molecule has 4 nitrogen and oxygen atoms in total. The number of carbonyl (C=O) groups excluding carboxylic acids is 1. The fraction of sp³-hybridized carbons (Fsp3) is 0.250. The Bertz CT molecular complexity index is 633. The Labute approximate surface area is 137 Å². The number of amides is 1. The second-order valence-corrected chi connectivity index (χ2v) is 6.09. The number of ether oxygens (including phenoxy) is 1. The van der Waals surface area contributed by atoms with Crippen LogP contribution in [0.15, 0.2) is 48.7 Å². The van der Waals surface area contributed by atoms with Crippen molar-refractivity contribution in [3.8, 4) is 5.88 Å². The summed E-state index contributed by atoms with van der Waals surface area (Å²) in [6, 6.07) is 13.2. The molecule has 3 rings (SSSR count). The summed E-state index contributed by atoms with van der Waals surface area (Å²) < 4.78 is 6.80. The number of carbonyl (C=O) groups is 1. The molecule has 0 aliphatic carbocycles. The lowest BCUT2D eigenvalue weighted by Gasteiger charge is -2.17. The van der Waals surface area contributed by atoms with Gasteiger partial charge in [0.25, 0.3) is 5.91 Å². The summed E-state index contributed by atoms with van der Waals surface area (Å²) >= 11 is 2.20. The molecule has 0 saturated carbocycles. The Morgan fingerprint density at radius 1 is 1.24 bits per heavy atom. The Morgan fingerprint density at radius 2 is 2.05 bits per heavy atom. The van der Waals surface area contributed by atoms with E-state index in [-0.39, 0.29) is 12.0 Å². The minimum atomic E-state index is 0.0187. The van der Waals surface area contributed by atoms with Crippen LogP contribution >= 0.6 is 22.6 Å². The standard InChI is InChI=1S/C16H15IN2O2/c17-14-6-2-1-5-13(14)16(20)19-10-8-12(11-19)21-15-7-3-4-9-18-15/h1-7,9,12H,8,10-11H2. The molecule has 1 aliphatic heterocycles. The van der Waals surface area contributed by atoms with Gasteiger partial charge >= 0.3 is 0 Å². The molecule has 1 aliphatic rings. The highest BCUT2D eigenvalue weighted by atomic mass is 127. The van der Waals surface area contributed by atoms with E-state index in [1.807, 2.05) is 47.4 Å². The summed E-state index contributed by atoms with van der Waals surface area (Å²) in [6.45, 7) is 1.34. The Balaban J connectivity index is 1.65. The number of rotatable bonds is 3. The fourth-order valence-corrected chi connectivity index (χ4v) is 3.02. The molecule has 21 heavy (non-hydrogen) atoms. The van der Waals surface area contributed by atoms with Crippen LogP contribution in [-0.2, 0) is 0 Å². The van der Waals surface area contributed by atoms with Crippen LogP contribution in [0.25, 0.3) is 0 Å². The highest BCUT2D eigenvalue weighted by Gasteiger charge is 2.29. The third kappa shape index (κ3) is 3.34. The molecule has 1 saturated heterocycles. The maximum absolute atomic E-state index is 12.5. The highest BCUT2D eigenvalue weighted by molar-refractivity contribution is 14.1. The number of likely N-dealkylation sites (tertiary alicyclic amines) is 1. The Morgan fingerprint density at radius 3 is 2.81 bits per heavy atom. The van der Waals surface area contributed by atoms with Gasteiger partial charge in [0.15, 0.2) is 0 Å². The third-order valence-electron chi connectivity index (χ3n) is 3.46. The zero-order valence-electron chi connectivity index (χ0n) is 11.4. The molecule has 5 heteroatoms. The number of hydrogen-bond donors (Lipinski definition) is 0. The van der Waals surface area contributed by atoms with Crippen LogP contribution in [0.1, 0.15) is 16.8 Å². The van der Waals surface area contributed by atoms with Crippen molar-refractivity contribution in [2.75, 3.05) is 13.1 Å². The van der Waals surface area contributed by atoms with Crippen molar-refractivity contribution in [2.45, 2.75) is 12.5 Å². The highest BCUT2D eigenvalue weighted by Crippen LogP contribution is 2.20. The first-order valence-corrected chi connectivity index (χ1v) is 7.93. The first kappa shape index (κ1) is 14.3. The lowest BCUT2D eigenvalue weighted by Crippen LogP contribution is -2.31. The van der Waals surface area contributed by atoms with E-state index >= 15 is 0 Å². The van der Waals surface area contributed by atoms with Crippen molar-refractivity contribution >= 4 is 28.5 Å². The van der Waals surface area contributed by atoms with Crippen LogP contribution in [0.5, 0.6) is 5.88 Å². The monoisotopic (exact) mass is 394 g/mol. The van der Waals surface area contributed by atoms with Crippen LogP contribution in [0.3, 0.4) is 0 Å². The second-order valence-electron chi connectivity index (χ2n) is 4.93. The lowest BCUT2D eigenvalue weighted by molar-refractivity contribution is 0.0770. The summed E-state index contributed by atoms with van der Waals surface area (Å²) in [7, 11) is 0. The third-order valence-corrected chi connectivity index (χ3v) is 4.40. The SMILES string of the molecule is O=C(c1ccccc1I)N1CCC(Oc2ccccn2)C1. The predicted octanol–water partition coefficient (Wildman–Crippen LogP) is 2.98. The summed E-state index contributed by atoms with van der Waals surface area (Å²) in [4.78, 5) is 18.5. The molecule has 1 atom stereocenters. The molecule has 108 valence electrons. The fourth-order valence-electron chi connectivity index (χ4n) is 2.40. The summed E-state index contributed by atoms with van der Waals surface area (Å²) in [5.74, 6) is 0.693. The average Bonchev–Trinajstić information content (AvgIpc) is 2.97. The molecule has 0 spiro atoms. The quantitative estimate of drug-likeness (QED) is 0.752. The number of nitrogens with zero attached hydrogens (tertiary/aromatic N) is 2. The molecule has 0 radical (unpaired) electrons. The number of hydrogen-bond acceptors (Lipinski definition) is 3. The number of benzene rings is 1. The van der Waals surface area contributed by atoms with Gasteiger partial charge in [0.2, 0.25) is 5.88 Å². The largest absolute Gasteiger partial charge is 0.472 e. The molecule has 2 aromatic rings. The molecule has 1 fully saturated rings. The molecular formula is C16H15IN2O2. The van der Waals surface area contributed by atoms with Crippen molar-refractivity contribution in [1.82, 2.24) is 9.88 Å². The minimum absolute atomic E-state index is 0.0187. The number of pyridine rings is 1. The Kier molecular flexibility index (Phi) is 4.38. The maximum atomic E-state index is 12.5. The predicted molar refractivity (Wildman–Crippen MR) is 88.3 cm³/mol. The molecule has 1 aromatic heterocycles. The molecule has 1 unspecified atom stereocenters. The second kappa shape index (κ2) is 6.43. The van der Waals surface area contributed by atoms with Gasteiger partial charge < -0.3 is 9.64 Å². The van der Waals surface area contributed by atoms with Gasteiger partial charge in [0.1, 0.15) is 6.10 Å². The van der Waals surface area contributed by atoms with E-state index in [0.717, 1.165) is 22.1 Å². The van der Waals surface area contributed by atoms with E-state index in [4.69, 9.17) is 4.74 Å². The van der Waals surface area contributed by atoms with Crippen LogP contribution in [0.4, 0.5) is 0 Å². The van der Waals surface area contributed by atoms with Crippen LogP contribution in [0, 0.1) is 3.57 Å².